The number of aromatic amines is 1. The quantitative estimate of drug-likeness (QED) is 0.701. The van der Waals surface area contributed by atoms with Crippen molar-refractivity contribution in [3.63, 3.8) is 0 Å². The summed E-state index contributed by atoms with van der Waals surface area (Å²) in [5, 5.41) is 13.2. The van der Waals surface area contributed by atoms with E-state index in [1.54, 1.807) is 0 Å². The van der Waals surface area contributed by atoms with E-state index >= 15 is 0 Å². The van der Waals surface area contributed by atoms with E-state index in [1.807, 2.05) is 30.3 Å². The molecule has 1 aromatic carbocycles. The molecule has 1 aliphatic heterocycles. The Morgan fingerprint density at radius 1 is 1.30 bits per heavy atom. The largest absolute Gasteiger partial charge is 0.494 e. The van der Waals surface area contributed by atoms with Crippen LogP contribution in [-0.4, -0.2) is 35.8 Å². The highest BCUT2D eigenvalue weighted by atomic mass is 35.5. The van der Waals surface area contributed by atoms with Gasteiger partial charge in [0.05, 0.1) is 6.61 Å². The van der Waals surface area contributed by atoms with Gasteiger partial charge in [-0.25, -0.2) is 0 Å². The standard InChI is InChI=1S/C16H20N4O2.ClH/c21-16(15-13-11-17-9-7-14(13)19-20-15)18-8-4-10-22-12-5-2-1-3-6-12;/h1-3,5-6,17H,4,7-11H2,(H,18,21)(H,19,20);1H. The number of hydrogen-bond donors (Lipinski definition) is 3. The van der Waals surface area contributed by atoms with Crippen LogP contribution in [0, 0.1) is 0 Å². The molecular weight excluding hydrogens is 316 g/mol. The third-order valence-corrected chi connectivity index (χ3v) is 3.64. The van der Waals surface area contributed by atoms with Gasteiger partial charge in [0, 0.05) is 37.3 Å². The number of fused-ring (bicyclic) bond motifs is 1. The number of para-hydroxylation sites is 1. The van der Waals surface area contributed by atoms with E-state index in [0.29, 0.717) is 25.4 Å². The van der Waals surface area contributed by atoms with Crippen molar-refractivity contribution in [3.05, 3.63) is 47.3 Å². The van der Waals surface area contributed by atoms with Crippen LogP contribution in [0.5, 0.6) is 5.75 Å². The zero-order valence-electron chi connectivity index (χ0n) is 12.8. The molecule has 7 heteroatoms. The lowest BCUT2D eigenvalue weighted by molar-refractivity contribution is 0.0945. The second kappa shape index (κ2) is 8.55. The van der Waals surface area contributed by atoms with Crippen LogP contribution >= 0.6 is 12.4 Å². The van der Waals surface area contributed by atoms with Crippen molar-refractivity contribution in [1.29, 1.82) is 0 Å². The van der Waals surface area contributed by atoms with Gasteiger partial charge in [0.1, 0.15) is 5.75 Å². The van der Waals surface area contributed by atoms with E-state index in [9.17, 15) is 4.79 Å². The molecule has 0 unspecified atom stereocenters. The van der Waals surface area contributed by atoms with Crippen molar-refractivity contribution in [2.75, 3.05) is 19.7 Å². The molecule has 1 amide bonds. The molecule has 0 aliphatic carbocycles. The Labute approximate surface area is 141 Å². The number of H-pyrrole nitrogens is 1. The Bertz CT molecular complexity index is 630. The molecule has 3 rings (SSSR count). The number of nitrogens with zero attached hydrogens (tertiary/aromatic N) is 1. The number of benzene rings is 1. The predicted octanol–water partition coefficient (Wildman–Crippen LogP) is 1.68. The Hall–Kier alpha value is -2.05. The summed E-state index contributed by atoms with van der Waals surface area (Å²) in [6, 6.07) is 9.66. The fraction of sp³-hybridized carbons (Fsp3) is 0.375. The van der Waals surface area contributed by atoms with Gasteiger partial charge in [-0.1, -0.05) is 18.2 Å². The smallest absolute Gasteiger partial charge is 0.272 e. The fourth-order valence-corrected chi connectivity index (χ4v) is 2.48. The first kappa shape index (κ1) is 17.3. The highest BCUT2D eigenvalue weighted by Gasteiger charge is 2.20. The lowest BCUT2D eigenvalue weighted by Crippen LogP contribution is -2.29. The number of nitrogens with one attached hydrogen (secondary N) is 3. The average molecular weight is 337 g/mol. The number of hydrogen-bond acceptors (Lipinski definition) is 4. The van der Waals surface area contributed by atoms with E-state index in [2.05, 4.69) is 20.8 Å². The summed E-state index contributed by atoms with van der Waals surface area (Å²) < 4.78 is 5.59. The third kappa shape index (κ3) is 4.46. The molecule has 1 aliphatic rings. The number of aromatic nitrogens is 2. The van der Waals surface area contributed by atoms with Gasteiger partial charge in [-0.2, -0.15) is 5.10 Å². The fourth-order valence-electron chi connectivity index (χ4n) is 2.48. The monoisotopic (exact) mass is 336 g/mol. The van der Waals surface area contributed by atoms with Crippen LogP contribution in [0.3, 0.4) is 0 Å². The van der Waals surface area contributed by atoms with Crippen LogP contribution in [0.1, 0.15) is 28.2 Å². The SMILES string of the molecule is Cl.O=C(NCCCOc1ccccc1)c1n[nH]c2c1CNCC2. The number of carbonyl (C=O) groups excluding carboxylic acids is 1. The summed E-state index contributed by atoms with van der Waals surface area (Å²) in [4.78, 5) is 12.1. The van der Waals surface area contributed by atoms with E-state index in [0.717, 1.165) is 36.4 Å². The van der Waals surface area contributed by atoms with Crippen molar-refractivity contribution >= 4 is 18.3 Å². The molecule has 1 aromatic heterocycles. The molecule has 3 N–H and O–H groups in total. The second-order valence-electron chi connectivity index (χ2n) is 5.23. The number of ether oxygens (including phenoxy) is 1. The van der Waals surface area contributed by atoms with Crippen molar-refractivity contribution in [2.24, 2.45) is 0 Å². The summed E-state index contributed by atoms with van der Waals surface area (Å²) in [5.74, 6) is 0.724. The third-order valence-electron chi connectivity index (χ3n) is 3.64. The minimum absolute atomic E-state index is 0. The summed E-state index contributed by atoms with van der Waals surface area (Å²) >= 11 is 0. The van der Waals surface area contributed by atoms with Crippen molar-refractivity contribution < 1.29 is 9.53 Å². The minimum Gasteiger partial charge on any atom is -0.494 e. The molecular formula is C16H21ClN4O2. The number of amides is 1. The predicted molar refractivity (Wildman–Crippen MR) is 90.1 cm³/mol. The Kier molecular flexibility index (Phi) is 6.43. The topological polar surface area (TPSA) is 79.0 Å². The summed E-state index contributed by atoms with van der Waals surface area (Å²) in [6.07, 6.45) is 1.64. The van der Waals surface area contributed by atoms with Gasteiger partial charge in [-0.3, -0.25) is 9.89 Å². The maximum absolute atomic E-state index is 12.1. The van der Waals surface area contributed by atoms with Gasteiger partial charge in [-0.05, 0) is 18.6 Å². The van der Waals surface area contributed by atoms with Crippen LogP contribution in [-0.2, 0) is 13.0 Å². The first-order chi connectivity index (χ1) is 10.8. The molecule has 23 heavy (non-hydrogen) atoms. The molecule has 0 spiro atoms. The lowest BCUT2D eigenvalue weighted by Gasteiger charge is -2.12. The second-order valence-corrected chi connectivity index (χ2v) is 5.23. The molecule has 0 fully saturated rings. The van der Waals surface area contributed by atoms with Crippen LogP contribution in [0.25, 0.3) is 0 Å². The van der Waals surface area contributed by atoms with E-state index in [1.165, 1.54) is 0 Å². The first-order valence-electron chi connectivity index (χ1n) is 7.57. The van der Waals surface area contributed by atoms with E-state index in [-0.39, 0.29) is 18.3 Å². The molecule has 0 radical (unpaired) electrons. The van der Waals surface area contributed by atoms with Crippen LogP contribution < -0.4 is 15.4 Å². The zero-order valence-corrected chi connectivity index (χ0v) is 13.6. The summed E-state index contributed by atoms with van der Waals surface area (Å²) in [5.41, 5.74) is 2.56. The van der Waals surface area contributed by atoms with Gasteiger partial charge in [0.2, 0.25) is 0 Å². The van der Waals surface area contributed by atoms with Crippen LogP contribution in [0.15, 0.2) is 30.3 Å². The molecule has 6 nitrogen and oxygen atoms in total. The summed E-state index contributed by atoms with van der Waals surface area (Å²) in [7, 11) is 0. The first-order valence-corrected chi connectivity index (χ1v) is 7.57. The molecule has 2 heterocycles. The van der Waals surface area contributed by atoms with Gasteiger partial charge in [0.15, 0.2) is 5.69 Å². The van der Waals surface area contributed by atoms with E-state index < -0.39 is 0 Å². The zero-order chi connectivity index (χ0) is 15.2. The highest BCUT2D eigenvalue weighted by molar-refractivity contribution is 5.94. The van der Waals surface area contributed by atoms with Gasteiger partial charge in [-0.15, -0.1) is 12.4 Å². The normalized spacial score (nSPS) is 12.9. The van der Waals surface area contributed by atoms with Gasteiger partial charge < -0.3 is 15.4 Å². The molecule has 124 valence electrons. The van der Waals surface area contributed by atoms with Gasteiger partial charge in [0.25, 0.3) is 5.91 Å². The van der Waals surface area contributed by atoms with Crippen molar-refractivity contribution in [2.45, 2.75) is 19.4 Å². The lowest BCUT2D eigenvalue weighted by atomic mass is 10.1. The Morgan fingerprint density at radius 2 is 2.13 bits per heavy atom. The maximum atomic E-state index is 12.1. The summed E-state index contributed by atoms with van der Waals surface area (Å²) in [6.45, 7) is 2.77. The molecule has 0 saturated carbocycles. The van der Waals surface area contributed by atoms with Crippen molar-refractivity contribution in [3.8, 4) is 5.75 Å². The Balaban J connectivity index is 0.00000192. The molecule has 0 bridgehead atoms. The molecule has 0 saturated heterocycles. The number of carbonyl (C=O) groups is 1. The minimum atomic E-state index is -0.124. The van der Waals surface area contributed by atoms with Gasteiger partial charge >= 0.3 is 0 Å². The molecule has 0 atom stereocenters. The van der Waals surface area contributed by atoms with Crippen molar-refractivity contribution in [1.82, 2.24) is 20.8 Å². The Morgan fingerprint density at radius 3 is 2.96 bits per heavy atom. The maximum Gasteiger partial charge on any atom is 0.272 e. The average Bonchev–Trinajstić information content (AvgIpc) is 2.99. The number of rotatable bonds is 6. The molecule has 2 aromatic rings. The number of halogens is 1. The van der Waals surface area contributed by atoms with Crippen LogP contribution in [0.4, 0.5) is 0 Å². The highest BCUT2D eigenvalue weighted by Crippen LogP contribution is 2.15. The van der Waals surface area contributed by atoms with E-state index in [4.69, 9.17) is 4.74 Å². The van der Waals surface area contributed by atoms with Crippen LogP contribution in [0.2, 0.25) is 0 Å².